The normalized spacial score (nSPS) is 14.6. The number of rotatable bonds is 9. The summed E-state index contributed by atoms with van der Waals surface area (Å²) in [5, 5.41) is 0. The van der Waals surface area contributed by atoms with Gasteiger partial charge in [-0.15, -0.1) is 0 Å². The summed E-state index contributed by atoms with van der Waals surface area (Å²) in [6.07, 6.45) is 2.56. The standard InChI is InChI=1S/C19H31N3O2Si/c1-6-16(19(20)23)14(2)15-7-8-17-18(11-15)22(12-21-17)13-24-9-10-25(3,4)5/h7-8,11-12,14,16H,6,9-10,13H2,1-5H3,(H2,20,23)/t14-,16?/m0/s1. The van der Waals surface area contributed by atoms with Crippen molar-refractivity contribution in [3.63, 3.8) is 0 Å². The van der Waals surface area contributed by atoms with Crippen molar-refractivity contribution >= 4 is 25.0 Å². The lowest BCUT2D eigenvalue weighted by Crippen LogP contribution is -2.27. The predicted molar refractivity (Wildman–Crippen MR) is 105 cm³/mol. The molecule has 0 aliphatic heterocycles. The molecule has 1 unspecified atom stereocenters. The number of carbonyl (C=O) groups is 1. The highest BCUT2D eigenvalue weighted by molar-refractivity contribution is 6.76. The summed E-state index contributed by atoms with van der Waals surface area (Å²) in [7, 11) is -1.08. The highest BCUT2D eigenvalue weighted by Gasteiger charge is 2.23. The van der Waals surface area contributed by atoms with Gasteiger partial charge in [-0.3, -0.25) is 4.79 Å². The van der Waals surface area contributed by atoms with Crippen LogP contribution in [0, 0.1) is 5.92 Å². The third-order valence-electron chi connectivity index (χ3n) is 4.81. The van der Waals surface area contributed by atoms with Gasteiger partial charge in [0.15, 0.2) is 0 Å². The number of nitrogens with two attached hydrogens (primary N) is 1. The summed E-state index contributed by atoms with van der Waals surface area (Å²) >= 11 is 0. The third-order valence-corrected chi connectivity index (χ3v) is 6.51. The first-order valence-electron chi connectivity index (χ1n) is 9.04. The summed E-state index contributed by atoms with van der Waals surface area (Å²) < 4.78 is 7.88. The molecule has 1 aromatic carbocycles. The Morgan fingerprint density at radius 1 is 1.36 bits per heavy atom. The van der Waals surface area contributed by atoms with E-state index in [1.165, 1.54) is 0 Å². The van der Waals surface area contributed by atoms with E-state index in [9.17, 15) is 4.79 Å². The Bertz CT molecular complexity index is 721. The van der Waals surface area contributed by atoms with Crippen LogP contribution in [0.4, 0.5) is 0 Å². The Labute approximate surface area is 151 Å². The molecule has 138 valence electrons. The molecule has 1 heterocycles. The van der Waals surface area contributed by atoms with Crippen LogP contribution in [0.2, 0.25) is 25.7 Å². The lowest BCUT2D eigenvalue weighted by atomic mass is 9.85. The maximum absolute atomic E-state index is 11.7. The van der Waals surface area contributed by atoms with Crippen molar-refractivity contribution in [2.75, 3.05) is 6.61 Å². The summed E-state index contributed by atoms with van der Waals surface area (Å²) in [6, 6.07) is 7.31. The number of aromatic nitrogens is 2. The lowest BCUT2D eigenvalue weighted by Gasteiger charge is -2.20. The molecular weight excluding hydrogens is 330 g/mol. The Morgan fingerprint density at radius 3 is 2.68 bits per heavy atom. The van der Waals surface area contributed by atoms with Crippen molar-refractivity contribution in [3.8, 4) is 0 Å². The average Bonchev–Trinajstić information content (AvgIpc) is 2.93. The fourth-order valence-electron chi connectivity index (χ4n) is 3.03. The Balaban J connectivity index is 2.14. The number of imidazole rings is 1. The van der Waals surface area contributed by atoms with Crippen LogP contribution in [0.25, 0.3) is 11.0 Å². The van der Waals surface area contributed by atoms with E-state index < -0.39 is 8.07 Å². The van der Waals surface area contributed by atoms with Crippen LogP contribution in [-0.2, 0) is 16.3 Å². The monoisotopic (exact) mass is 361 g/mol. The molecule has 0 fully saturated rings. The predicted octanol–water partition coefficient (Wildman–Crippen LogP) is 3.96. The topological polar surface area (TPSA) is 70.1 Å². The number of hydrogen-bond acceptors (Lipinski definition) is 3. The average molecular weight is 362 g/mol. The molecule has 1 aromatic heterocycles. The zero-order valence-electron chi connectivity index (χ0n) is 16.1. The van der Waals surface area contributed by atoms with Gasteiger partial charge in [0.05, 0.1) is 17.4 Å². The summed E-state index contributed by atoms with van der Waals surface area (Å²) in [5.74, 6) is -0.303. The van der Waals surface area contributed by atoms with E-state index in [1.807, 2.05) is 30.0 Å². The van der Waals surface area contributed by atoms with E-state index in [-0.39, 0.29) is 17.7 Å². The van der Waals surface area contributed by atoms with E-state index in [4.69, 9.17) is 10.5 Å². The van der Waals surface area contributed by atoms with Gasteiger partial charge in [0.25, 0.3) is 0 Å². The molecule has 0 spiro atoms. The lowest BCUT2D eigenvalue weighted by molar-refractivity contribution is -0.122. The second-order valence-electron chi connectivity index (χ2n) is 8.02. The molecule has 0 saturated carbocycles. The number of nitrogens with zero attached hydrogens (tertiary/aromatic N) is 2. The van der Waals surface area contributed by atoms with Gasteiger partial charge >= 0.3 is 0 Å². The van der Waals surface area contributed by atoms with E-state index in [2.05, 4.69) is 37.6 Å². The van der Waals surface area contributed by atoms with E-state index in [0.717, 1.165) is 35.7 Å². The maximum Gasteiger partial charge on any atom is 0.221 e. The van der Waals surface area contributed by atoms with Crippen LogP contribution in [0.15, 0.2) is 24.5 Å². The minimum absolute atomic E-state index is 0.0862. The van der Waals surface area contributed by atoms with Crippen molar-refractivity contribution in [2.24, 2.45) is 11.7 Å². The fourth-order valence-corrected chi connectivity index (χ4v) is 3.79. The van der Waals surface area contributed by atoms with Crippen molar-refractivity contribution in [3.05, 3.63) is 30.1 Å². The van der Waals surface area contributed by atoms with Gasteiger partial charge < -0.3 is 15.0 Å². The van der Waals surface area contributed by atoms with Crippen LogP contribution in [0.5, 0.6) is 0 Å². The van der Waals surface area contributed by atoms with Crippen LogP contribution < -0.4 is 5.73 Å². The third kappa shape index (κ3) is 5.15. The smallest absolute Gasteiger partial charge is 0.221 e. The minimum Gasteiger partial charge on any atom is -0.369 e. The molecular formula is C19H31N3O2Si. The first-order valence-corrected chi connectivity index (χ1v) is 12.8. The number of fused-ring (bicyclic) bond motifs is 1. The fraction of sp³-hybridized carbons (Fsp3) is 0.579. The van der Waals surface area contributed by atoms with E-state index in [1.54, 1.807) is 0 Å². The Kier molecular flexibility index (Phi) is 6.40. The van der Waals surface area contributed by atoms with E-state index in [0.29, 0.717) is 6.73 Å². The Hall–Kier alpha value is -1.66. The SMILES string of the molecule is CCC(C(N)=O)[C@@H](C)c1ccc2ncn(COCC[Si](C)(C)C)c2c1. The zero-order chi connectivity index (χ0) is 18.6. The van der Waals surface area contributed by atoms with Crippen LogP contribution in [-0.4, -0.2) is 30.1 Å². The molecule has 1 amide bonds. The minimum atomic E-state index is -1.08. The quantitative estimate of drug-likeness (QED) is 0.543. The molecule has 0 bridgehead atoms. The van der Waals surface area contributed by atoms with Crippen molar-refractivity contribution in [1.29, 1.82) is 0 Å². The van der Waals surface area contributed by atoms with Gasteiger partial charge in [-0.1, -0.05) is 39.6 Å². The van der Waals surface area contributed by atoms with Crippen LogP contribution in [0.3, 0.4) is 0 Å². The molecule has 0 radical (unpaired) electrons. The number of ether oxygens (including phenoxy) is 1. The summed E-state index contributed by atoms with van der Waals surface area (Å²) in [6.45, 7) is 12.4. The van der Waals surface area contributed by atoms with Crippen LogP contribution >= 0.6 is 0 Å². The van der Waals surface area contributed by atoms with Crippen molar-refractivity contribution in [1.82, 2.24) is 9.55 Å². The largest absolute Gasteiger partial charge is 0.369 e. The number of primary amides is 1. The van der Waals surface area contributed by atoms with Crippen molar-refractivity contribution < 1.29 is 9.53 Å². The number of carbonyl (C=O) groups excluding carboxylic acids is 1. The molecule has 2 rings (SSSR count). The van der Waals surface area contributed by atoms with Gasteiger partial charge in [0, 0.05) is 20.6 Å². The summed E-state index contributed by atoms with van der Waals surface area (Å²) in [5.41, 5.74) is 8.64. The summed E-state index contributed by atoms with van der Waals surface area (Å²) in [4.78, 5) is 16.1. The van der Waals surface area contributed by atoms with Gasteiger partial charge in [0.1, 0.15) is 6.73 Å². The molecule has 0 aliphatic carbocycles. The van der Waals surface area contributed by atoms with E-state index >= 15 is 0 Å². The molecule has 2 aromatic rings. The first-order chi connectivity index (χ1) is 11.7. The molecule has 2 atom stereocenters. The molecule has 25 heavy (non-hydrogen) atoms. The highest BCUT2D eigenvalue weighted by Crippen LogP contribution is 2.29. The molecule has 6 heteroatoms. The highest BCUT2D eigenvalue weighted by atomic mass is 28.3. The number of benzene rings is 1. The Morgan fingerprint density at radius 2 is 2.08 bits per heavy atom. The van der Waals surface area contributed by atoms with Crippen LogP contribution in [0.1, 0.15) is 31.7 Å². The van der Waals surface area contributed by atoms with Gasteiger partial charge in [-0.2, -0.15) is 0 Å². The molecule has 5 nitrogen and oxygen atoms in total. The zero-order valence-corrected chi connectivity index (χ0v) is 17.1. The molecule has 0 aliphatic rings. The van der Waals surface area contributed by atoms with Gasteiger partial charge in [-0.25, -0.2) is 4.98 Å². The van der Waals surface area contributed by atoms with Crippen molar-refractivity contribution in [2.45, 2.75) is 58.6 Å². The number of hydrogen-bond donors (Lipinski definition) is 1. The van der Waals surface area contributed by atoms with Gasteiger partial charge in [-0.05, 0) is 36.1 Å². The molecule has 0 saturated heterocycles. The second-order valence-corrected chi connectivity index (χ2v) is 13.6. The second kappa shape index (κ2) is 8.14. The first kappa shape index (κ1) is 19.7. The van der Waals surface area contributed by atoms with Gasteiger partial charge in [0.2, 0.25) is 5.91 Å². The maximum atomic E-state index is 11.7. The molecule has 2 N–H and O–H groups in total. The number of amides is 1.